The van der Waals surface area contributed by atoms with Crippen LogP contribution in [0, 0.1) is 0 Å². The number of benzene rings is 1. The molecule has 2 fully saturated rings. The van der Waals surface area contributed by atoms with Crippen molar-refractivity contribution in [3.63, 3.8) is 0 Å². The van der Waals surface area contributed by atoms with E-state index in [1.54, 1.807) is 0 Å². The summed E-state index contributed by atoms with van der Waals surface area (Å²) in [5.74, 6) is 0. The molecule has 2 aliphatic rings. The summed E-state index contributed by atoms with van der Waals surface area (Å²) in [6.07, 6.45) is 8.47. The molecule has 2 bridgehead atoms. The van der Waals surface area contributed by atoms with E-state index in [2.05, 4.69) is 46.5 Å². The van der Waals surface area contributed by atoms with E-state index in [4.69, 9.17) is 0 Å². The number of nitrogens with one attached hydrogen (secondary N) is 1. The van der Waals surface area contributed by atoms with Gasteiger partial charge in [-0.15, -0.1) is 0 Å². The number of nitrogens with zero attached hydrogens (tertiary/aromatic N) is 2. The molecule has 2 unspecified atom stereocenters. The summed E-state index contributed by atoms with van der Waals surface area (Å²) in [5, 5.41) is 4.75. The summed E-state index contributed by atoms with van der Waals surface area (Å²) >= 11 is 0. The Morgan fingerprint density at radius 1 is 1.14 bits per heavy atom. The predicted octanol–water partition coefficient (Wildman–Crippen LogP) is 3.34. The van der Waals surface area contributed by atoms with Gasteiger partial charge in [-0.25, -0.2) is 0 Å². The number of fused-ring (bicyclic) bond motifs is 3. The smallest absolute Gasteiger partial charge is 0.0703 e. The standard InChI is InChI=1S/C18H23N3/c1-19-14-11-15-5-2-6-16(12-14)21(15)17-7-8-18-13(10-17)4-3-9-20-18/h3-4,7-10,14-16,19H,2,5-6,11-12H2,1H3. The number of rotatable bonds is 2. The summed E-state index contributed by atoms with van der Waals surface area (Å²) in [5.41, 5.74) is 2.48. The van der Waals surface area contributed by atoms with Crippen LogP contribution in [0.15, 0.2) is 36.5 Å². The highest BCUT2D eigenvalue weighted by atomic mass is 15.2. The maximum Gasteiger partial charge on any atom is 0.0703 e. The van der Waals surface area contributed by atoms with Crippen molar-refractivity contribution in [3.05, 3.63) is 36.5 Å². The van der Waals surface area contributed by atoms with Crippen molar-refractivity contribution in [2.24, 2.45) is 0 Å². The Labute approximate surface area is 126 Å². The minimum atomic E-state index is 0.693. The zero-order chi connectivity index (χ0) is 14.2. The topological polar surface area (TPSA) is 28.2 Å². The number of anilines is 1. The lowest BCUT2D eigenvalue weighted by Gasteiger charge is -2.50. The van der Waals surface area contributed by atoms with Crippen molar-refractivity contribution in [2.75, 3.05) is 11.9 Å². The van der Waals surface area contributed by atoms with Crippen LogP contribution in [-0.4, -0.2) is 30.2 Å². The Balaban J connectivity index is 1.70. The predicted molar refractivity (Wildman–Crippen MR) is 87.7 cm³/mol. The maximum absolute atomic E-state index is 4.44. The molecular formula is C18H23N3. The van der Waals surface area contributed by atoms with Gasteiger partial charge in [0, 0.05) is 35.4 Å². The van der Waals surface area contributed by atoms with Crippen LogP contribution in [0.3, 0.4) is 0 Å². The number of hydrogen-bond acceptors (Lipinski definition) is 3. The first-order chi connectivity index (χ1) is 10.3. The van der Waals surface area contributed by atoms with E-state index in [1.165, 1.54) is 43.2 Å². The molecule has 1 aromatic heterocycles. The zero-order valence-electron chi connectivity index (χ0n) is 12.6. The van der Waals surface area contributed by atoms with Crippen LogP contribution in [0.25, 0.3) is 10.9 Å². The van der Waals surface area contributed by atoms with Gasteiger partial charge < -0.3 is 10.2 Å². The molecule has 2 aliphatic heterocycles. The first-order valence-corrected chi connectivity index (χ1v) is 8.15. The lowest BCUT2D eigenvalue weighted by Crippen LogP contribution is -2.56. The molecule has 2 aromatic rings. The fourth-order valence-electron chi connectivity index (χ4n) is 4.26. The Bertz CT molecular complexity index is 625. The maximum atomic E-state index is 4.44. The molecule has 2 saturated heterocycles. The van der Waals surface area contributed by atoms with Gasteiger partial charge in [0.1, 0.15) is 0 Å². The minimum Gasteiger partial charge on any atom is -0.365 e. The molecule has 4 rings (SSSR count). The fraction of sp³-hybridized carbons (Fsp3) is 0.500. The van der Waals surface area contributed by atoms with Crippen LogP contribution in [0.5, 0.6) is 0 Å². The molecule has 21 heavy (non-hydrogen) atoms. The Hall–Kier alpha value is -1.61. The van der Waals surface area contributed by atoms with Gasteiger partial charge in [-0.2, -0.15) is 0 Å². The second kappa shape index (κ2) is 5.30. The molecular weight excluding hydrogens is 258 g/mol. The summed E-state index contributed by atoms with van der Waals surface area (Å²) in [6.45, 7) is 0. The monoisotopic (exact) mass is 281 g/mol. The third-order valence-electron chi connectivity index (χ3n) is 5.27. The van der Waals surface area contributed by atoms with Gasteiger partial charge in [-0.05, 0) is 63.4 Å². The van der Waals surface area contributed by atoms with Crippen molar-refractivity contribution in [1.82, 2.24) is 10.3 Å². The highest BCUT2D eigenvalue weighted by Crippen LogP contribution is 2.38. The average molecular weight is 281 g/mol. The van der Waals surface area contributed by atoms with Crippen molar-refractivity contribution >= 4 is 16.6 Å². The van der Waals surface area contributed by atoms with E-state index in [-0.39, 0.29) is 0 Å². The third-order valence-corrected chi connectivity index (χ3v) is 5.27. The molecule has 1 aromatic carbocycles. The number of hydrogen-bond donors (Lipinski definition) is 1. The van der Waals surface area contributed by atoms with Gasteiger partial charge in [0.15, 0.2) is 0 Å². The Morgan fingerprint density at radius 2 is 1.95 bits per heavy atom. The largest absolute Gasteiger partial charge is 0.365 e. The molecule has 0 amide bonds. The van der Waals surface area contributed by atoms with Crippen LogP contribution in [-0.2, 0) is 0 Å². The molecule has 0 saturated carbocycles. The Kier molecular flexibility index (Phi) is 3.30. The molecule has 110 valence electrons. The summed E-state index contributed by atoms with van der Waals surface area (Å²) < 4.78 is 0. The van der Waals surface area contributed by atoms with Gasteiger partial charge in [0.2, 0.25) is 0 Å². The second-order valence-corrected chi connectivity index (χ2v) is 6.48. The van der Waals surface area contributed by atoms with E-state index < -0.39 is 0 Å². The second-order valence-electron chi connectivity index (χ2n) is 6.48. The summed E-state index contributed by atoms with van der Waals surface area (Å²) in [7, 11) is 2.11. The quantitative estimate of drug-likeness (QED) is 0.915. The normalized spacial score (nSPS) is 28.8. The molecule has 1 N–H and O–H groups in total. The number of piperidine rings is 2. The van der Waals surface area contributed by atoms with Crippen LogP contribution >= 0.6 is 0 Å². The lowest BCUT2D eigenvalue weighted by molar-refractivity contribution is 0.252. The van der Waals surface area contributed by atoms with Crippen LogP contribution in [0.4, 0.5) is 5.69 Å². The van der Waals surface area contributed by atoms with Crippen molar-refractivity contribution in [1.29, 1.82) is 0 Å². The molecule has 3 nitrogen and oxygen atoms in total. The van der Waals surface area contributed by atoms with Crippen molar-refractivity contribution in [3.8, 4) is 0 Å². The van der Waals surface area contributed by atoms with Crippen LogP contribution < -0.4 is 10.2 Å². The van der Waals surface area contributed by atoms with Crippen molar-refractivity contribution < 1.29 is 0 Å². The van der Waals surface area contributed by atoms with E-state index in [9.17, 15) is 0 Å². The van der Waals surface area contributed by atoms with Gasteiger partial charge in [0.05, 0.1) is 5.52 Å². The van der Waals surface area contributed by atoms with E-state index in [0.29, 0.717) is 18.1 Å². The Morgan fingerprint density at radius 3 is 2.71 bits per heavy atom. The first-order valence-electron chi connectivity index (χ1n) is 8.15. The number of pyridine rings is 1. The van der Waals surface area contributed by atoms with E-state index >= 15 is 0 Å². The SMILES string of the molecule is CNC1CC2CCCC(C1)N2c1ccc2ncccc2c1. The van der Waals surface area contributed by atoms with Gasteiger partial charge in [-0.3, -0.25) is 4.98 Å². The van der Waals surface area contributed by atoms with E-state index in [0.717, 1.165) is 5.52 Å². The first kappa shape index (κ1) is 13.1. The van der Waals surface area contributed by atoms with E-state index in [1.807, 2.05) is 12.3 Å². The third kappa shape index (κ3) is 2.30. The minimum absolute atomic E-state index is 0.693. The van der Waals surface area contributed by atoms with Crippen LogP contribution in [0.1, 0.15) is 32.1 Å². The highest BCUT2D eigenvalue weighted by molar-refractivity contribution is 5.82. The number of aromatic nitrogens is 1. The van der Waals surface area contributed by atoms with Gasteiger partial charge >= 0.3 is 0 Å². The average Bonchev–Trinajstić information content (AvgIpc) is 2.53. The lowest BCUT2D eigenvalue weighted by atomic mass is 9.81. The molecule has 2 atom stereocenters. The molecule has 0 radical (unpaired) electrons. The summed E-state index contributed by atoms with van der Waals surface area (Å²) in [6, 6.07) is 13.0. The zero-order valence-corrected chi connectivity index (χ0v) is 12.6. The van der Waals surface area contributed by atoms with Gasteiger partial charge in [0.25, 0.3) is 0 Å². The molecule has 0 aliphatic carbocycles. The summed E-state index contributed by atoms with van der Waals surface area (Å²) in [4.78, 5) is 7.13. The molecule has 3 heteroatoms. The van der Waals surface area contributed by atoms with Gasteiger partial charge in [-0.1, -0.05) is 6.07 Å². The molecule has 3 heterocycles. The molecule has 0 spiro atoms. The highest BCUT2D eigenvalue weighted by Gasteiger charge is 2.37. The van der Waals surface area contributed by atoms with Crippen molar-refractivity contribution in [2.45, 2.75) is 50.2 Å². The fourth-order valence-corrected chi connectivity index (χ4v) is 4.26. The van der Waals surface area contributed by atoms with Crippen LogP contribution in [0.2, 0.25) is 0 Å².